The fourth-order valence-electron chi connectivity index (χ4n) is 2.84. The number of nitrogens with zero attached hydrogens (tertiary/aromatic N) is 2. The molecule has 0 radical (unpaired) electrons. The van der Waals surface area contributed by atoms with Crippen LogP contribution in [0.15, 0.2) is 81.5 Å². The average molecular weight is 455 g/mol. The third-order valence-electron chi connectivity index (χ3n) is 4.38. The van der Waals surface area contributed by atoms with Gasteiger partial charge in [0.05, 0.1) is 4.90 Å². The Labute approximate surface area is 180 Å². The van der Waals surface area contributed by atoms with Crippen molar-refractivity contribution in [3.8, 4) is 11.4 Å². The van der Waals surface area contributed by atoms with Crippen molar-refractivity contribution in [1.82, 2.24) is 15.2 Å². The van der Waals surface area contributed by atoms with E-state index in [9.17, 15) is 22.7 Å². The smallest absolute Gasteiger partial charge is 0.215 e. The molecule has 0 amide bonds. The van der Waals surface area contributed by atoms with E-state index in [4.69, 9.17) is 0 Å². The number of carbonyl (C=O) groups excluding carboxylic acids is 1. The predicted octanol–water partition coefficient (Wildman–Crippen LogP) is 4.29. The van der Waals surface area contributed by atoms with Crippen molar-refractivity contribution in [1.29, 1.82) is 0 Å². The number of allylic oxidation sites excluding steroid dienone is 1. The third-order valence-corrected chi connectivity index (χ3v) is 7.58. The van der Waals surface area contributed by atoms with E-state index in [0.717, 1.165) is 41.7 Å². The van der Waals surface area contributed by atoms with Gasteiger partial charge in [-0.3, -0.25) is 9.89 Å². The van der Waals surface area contributed by atoms with Gasteiger partial charge in [-0.2, -0.15) is 5.10 Å². The standard InChI is InChI=1S/C21H14FN3O4S2/c22-14-5-7-15(8-6-14)31(28,29)20-9-13(11-30-20)18(26)10-19(27)16-3-1-2-4-17(16)21-23-12-24-25-21/h1-12,27H,(H,23,24,25). The first-order chi connectivity index (χ1) is 14.9. The Morgan fingerprint density at radius 1 is 1.13 bits per heavy atom. The maximum atomic E-state index is 13.1. The van der Waals surface area contributed by atoms with Gasteiger partial charge in [0.15, 0.2) is 11.6 Å². The molecule has 10 heteroatoms. The van der Waals surface area contributed by atoms with Crippen molar-refractivity contribution >= 4 is 32.7 Å². The number of aliphatic hydroxyl groups is 1. The van der Waals surface area contributed by atoms with Gasteiger partial charge in [0, 0.05) is 28.1 Å². The topological polar surface area (TPSA) is 113 Å². The highest BCUT2D eigenvalue weighted by atomic mass is 32.2. The molecular formula is C21H14FN3O4S2. The Bertz CT molecular complexity index is 1380. The fourth-order valence-corrected chi connectivity index (χ4v) is 5.41. The minimum absolute atomic E-state index is 0.0588. The number of thiophene rings is 1. The van der Waals surface area contributed by atoms with Crippen LogP contribution >= 0.6 is 11.3 Å². The van der Waals surface area contributed by atoms with Gasteiger partial charge in [-0.1, -0.05) is 24.3 Å². The summed E-state index contributed by atoms with van der Waals surface area (Å²) >= 11 is 0.870. The zero-order valence-electron chi connectivity index (χ0n) is 15.7. The molecule has 2 aromatic heterocycles. The molecule has 2 heterocycles. The van der Waals surface area contributed by atoms with Crippen LogP contribution in [0.2, 0.25) is 0 Å². The van der Waals surface area contributed by atoms with Crippen LogP contribution in [0.5, 0.6) is 0 Å². The van der Waals surface area contributed by atoms with Crippen molar-refractivity contribution < 1.29 is 22.7 Å². The summed E-state index contributed by atoms with van der Waals surface area (Å²) in [4.78, 5) is 16.6. The molecular weight excluding hydrogens is 441 g/mol. The minimum Gasteiger partial charge on any atom is -0.507 e. The first kappa shape index (κ1) is 20.6. The molecule has 2 aromatic carbocycles. The molecule has 156 valence electrons. The van der Waals surface area contributed by atoms with E-state index in [1.807, 2.05) is 0 Å². The first-order valence-electron chi connectivity index (χ1n) is 8.86. The number of benzene rings is 2. The molecule has 31 heavy (non-hydrogen) atoms. The Kier molecular flexibility index (Phi) is 5.49. The monoisotopic (exact) mass is 455 g/mol. The predicted molar refractivity (Wildman–Crippen MR) is 113 cm³/mol. The van der Waals surface area contributed by atoms with E-state index in [0.29, 0.717) is 17.0 Å². The molecule has 0 aliphatic rings. The average Bonchev–Trinajstić information content (AvgIpc) is 3.47. The van der Waals surface area contributed by atoms with Gasteiger partial charge in [-0.15, -0.1) is 11.3 Å². The van der Waals surface area contributed by atoms with E-state index in [2.05, 4.69) is 15.2 Å². The number of hydrogen-bond acceptors (Lipinski definition) is 7. The second-order valence-corrected chi connectivity index (χ2v) is 9.46. The van der Waals surface area contributed by atoms with Crippen LogP contribution in [0.4, 0.5) is 4.39 Å². The Morgan fingerprint density at radius 2 is 1.87 bits per heavy atom. The number of ketones is 1. The zero-order valence-corrected chi connectivity index (χ0v) is 17.3. The lowest BCUT2D eigenvalue weighted by atomic mass is 10.0. The number of aromatic amines is 1. The van der Waals surface area contributed by atoms with Gasteiger partial charge in [0.25, 0.3) is 0 Å². The molecule has 0 unspecified atom stereocenters. The number of sulfone groups is 1. The third kappa shape index (κ3) is 4.16. The van der Waals surface area contributed by atoms with E-state index in [-0.39, 0.29) is 20.4 Å². The second kappa shape index (κ2) is 8.25. The number of halogens is 1. The Balaban J connectivity index is 1.63. The summed E-state index contributed by atoms with van der Waals surface area (Å²) in [6.45, 7) is 0. The van der Waals surface area contributed by atoms with Crippen LogP contribution in [0, 0.1) is 5.82 Å². The lowest BCUT2D eigenvalue weighted by molar-refractivity contribution is 0.104. The molecule has 0 fully saturated rings. The number of nitrogens with one attached hydrogen (secondary N) is 1. The minimum atomic E-state index is -3.89. The summed E-state index contributed by atoms with van der Waals surface area (Å²) in [6, 6.07) is 12.4. The normalized spacial score (nSPS) is 12.1. The van der Waals surface area contributed by atoms with Gasteiger partial charge in [0.1, 0.15) is 22.1 Å². The maximum absolute atomic E-state index is 13.1. The highest BCUT2D eigenvalue weighted by molar-refractivity contribution is 7.93. The molecule has 0 saturated heterocycles. The van der Waals surface area contributed by atoms with Crippen molar-refractivity contribution in [2.24, 2.45) is 0 Å². The number of rotatable bonds is 6. The summed E-state index contributed by atoms with van der Waals surface area (Å²) in [7, 11) is -3.89. The largest absolute Gasteiger partial charge is 0.507 e. The highest BCUT2D eigenvalue weighted by Crippen LogP contribution is 2.29. The quantitative estimate of drug-likeness (QED) is 0.194. The van der Waals surface area contributed by atoms with Gasteiger partial charge < -0.3 is 5.11 Å². The lowest BCUT2D eigenvalue weighted by Gasteiger charge is -2.05. The summed E-state index contributed by atoms with van der Waals surface area (Å²) in [5.41, 5.74) is 0.979. The zero-order chi connectivity index (χ0) is 22.0. The second-order valence-electron chi connectivity index (χ2n) is 6.37. The molecule has 0 spiro atoms. The molecule has 7 nitrogen and oxygen atoms in total. The van der Waals surface area contributed by atoms with Crippen molar-refractivity contribution in [2.75, 3.05) is 0 Å². The number of aliphatic hydroxyl groups excluding tert-OH is 1. The van der Waals surface area contributed by atoms with Crippen molar-refractivity contribution in [3.63, 3.8) is 0 Å². The van der Waals surface area contributed by atoms with Gasteiger partial charge in [0.2, 0.25) is 9.84 Å². The summed E-state index contributed by atoms with van der Waals surface area (Å²) in [6.07, 6.45) is 2.41. The lowest BCUT2D eigenvalue weighted by Crippen LogP contribution is -2.00. The van der Waals surface area contributed by atoms with Crippen LogP contribution < -0.4 is 0 Å². The van der Waals surface area contributed by atoms with Crippen LogP contribution in [0.25, 0.3) is 17.1 Å². The highest BCUT2D eigenvalue weighted by Gasteiger charge is 2.22. The van der Waals surface area contributed by atoms with E-state index < -0.39 is 21.4 Å². The van der Waals surface area contributed by atoms with Crippen LogP contribution in [-0.4, -0.2) is 34.5 Å². The molecule has 4 rings (SSSR count). The number of H-pyrrole nitrogens is 1. The van der Waals surface area contributed by atoms with Gasteiger partial charge in [-0.05, 0) is 30.3 Å². The van der Waals surface area contributed by atoms with Crippen LogP contribution in [0.3, 0.4) is 0 Å². The molecule has 0 bridgehead atoms. The number of aromatic nitrogens is 3. The SMILES string of the molecule is O=C(C=C(O)c1ccccc1-c1nc[nH]n1)c1csc(S(=O)(=O)c2ccc(F)cc2)c1. The summed E-state index contributed by atoms with van der Waals surface area (Å²) in [5, 5.41) is 18.5. The molecule has 0 saturated carbocycles. The molecule has 0 aliphatic heterocycles. The number of hydrogen-bond donors (Lipinski definition) is 2. The van der Waals surface area contributed by atoms with Crippen molar-refractivity contribution in [3.05, 3.63) is 89.3 Å². The Morgan fingerprint density at radius 3 is 2.58 bits per heavy atom. The van der Waals surface area contributed by atoms with Gasteiger partial charge >= 0.3 is 0 Å². The fraction of sp³-hybridized carbons (Fsp3) is 0. The maximum Gasteiger partial charge on any atom is 0.215 e. The summed E-state index contributed by atoms with van der Waals surface area (Å²) < 4.78 is 38.4. The van der Waals surface area contributed by atoms with Gasteiger partial charge in [-0.25, -0.2) is 17.8 Å². The van der Waals surface area contributed by atoms with E-state index in [1.54, 1.807) is 24.3 Å². The van der Waals surface area contributed by atoms with E-state index in [1.165, 1.54) is 17.8 Å². The molecule has 2 N–H and O–H groups in total. The Hall–Kier alpha value is -3.63. The molecule has 4 aromatic rings. The molecule has 0 atom stereocenters. The van der Waals surface area contributed by atoms with Crippen LogP contribution in [-0.2, 0) is 9.84 Å². The van der Waals surface area contributed by atoms with Crippen molar-refractivity contribution in [2.45, 2.75) is 9.10 Å². The summed E-state index contributed by atoms with van der Waals surface area (Å²) in [5.74, 6) is -1.07. The van der Waals surface area contributed by atoms with E-state index >= 15 is 0 Å². The first-order valence-corrected chi connectivity index (χ1v) is 11.2. The molecule has 0 aliphatic carbocycles. The number of carbonyl (C=O) groups is 1. The van der Waals surface area contributed by atoms with Crippen LogP contribution in [0.1, 0.15) is 15.9 Å².